The van der Waals surface area contributed by atoms with Crippen LogP contribution in [0.5, 0.6) is 11.5 Å². The minimum Gasteiger partial charge on any atom is -0.497 e. The average Bonchev–Trinajstić information content (AvgIpc) is 2.86. The highest BCUT2D eigenvalue weighted by Gasteiger charge is 2.30. The van der Waals surface area contributed by atoms with E-state index in [1.165, 1.54) is 44.6 Å². The van der Waals surface area contributed by atoms with Crippen molar-refractivity contribution in [2.24, 2.45) is 0 Å². The first-order valence-corrected chi connectivity index (χ1v) is 14.2. The van der Waals surface area contributed by atoms with Crippen LogP contribution in [0.1, 0.15) is 18.5 Å². The van der Waals surface area contributed by atoms with Gasteiger partial charge in [0.05, 0.1) is 35.7 Å². The summed E-state index contributed by atoms with van der Waals surface area (Å²) < 4.78 is 62.3. The third-order valence-electron chi connectivity index (χ3n) is 5.46. The lowest BCUT2D eigenvalue weighted by Crippen LogP contribution is -2.41. The Morgan fingerprint density at radius 1 is 0.889 bits per heavy atom. The number of nitrogens with zero attached hydrogens (tertiary/aromatic N) is 1. The molecular weight excluding hydrogens is 504 g/mol. The van der Waals surface area contributed by atoms with E-state index in [4.69, 9.17) is 9.47 Å². The number of ether oxygens (including phenoxy) is 2. The average molecular weight is 533 g/mol. The highest BCUT2D eigenvalue weighted by Crippen LogP contribution is 2.35. The Morgan fingerprint density at radius 2 is 1.53 bits per heavy atom. The summed E-state index contributed by atoms with van der Waals surface area (Å²) in [5.41, 5.74) is 0.799. The van der Waals surface area contributed by atoms with Crippen LogP contribution in [0.15, 0.2) is 82.6 Å². The Balaban J connectivity index is 1.94. The fourth-order valence-electron chi connectivity index (χ4n) is 3.52. The van der Waals surface area contributed by atoms with Gasteiger partial charge in [-0.05, 0) is 48.9 Å². The second-order valence-corrected chi connectivity index (χ2v) is 11.9. The quantitative estimate of drug-likeness (QED) is 0.426. The minimum atomic E-state index is -4.16. The van der Waals surface area contributed by atoms with Crippen molar-refractivity contribution < 1.29 is 31.1 Å². The van der Waals surface area contributed by atoms with Gasteiger partial charge in [0, 0.05) is 12.3 Å². The van der Waals surface area contributed by atoms with E-state index in [1.807, 2.05) is 0 Å². The number of benzene rings is 3. The van der Waals surface area contributed by atoms with Gasteiger partial charge in [0.1, 0.15) is 18.0 Å². The number of nitrogens with one attached hydrogen (secondary N) is 1. The van der Waals surface area contributed by atoms with Crippen LogP contribution in [0.3, 0.4) is 0 Å². The molecule has 0 aliphatic heterocycles. The van der Waals surface area contributed by atoms with Gasteiger partial charge >= 0.3 is 0 Å². The lowest BCUT2D eigenvalue weighted by atomic mass is 10.1. The summed E-state index contributed by atoms with van der Waals surface area (Å²) in [6, 6.07) is 18.0. The molecule has 0 aromatic heterocycles. The third kappa shape index (κ3) is 6.16. The Bertz CT molecular complexity index is 1420. The monoisotopic (exact) mass is 532 g/mol. The number of sulfone groups is 1. The van der Waals surface area contributed by atoms with Gasteiger partial charge in [0.15, 0.2) is 9.84 Å². The number of carbonyl (C=O) groups is 1. The molecule has 1 amide bonds. The number of hydrogen-bond acceptors (Lipinski definition) is 7. The summed E-state index contributed by atoms with van der Waals surface area (Å²) in [7, 11) is -4.66. The summed E-state index contributed by atoms with van der Waals surface area (Å²) >= 11 is 0. The molecule has 0 bridgehead atoms. The highest BCUT2D eigenvalue weighted by atomic mass is 32.2. The van der Waals surface area contributed by atoms with Gasteiger partial charge < -0.3 is 14.8 Å². The van der Waals surface area contributed by atoms with Crippen LogP contribution >= 0.6 is 0 Å². The van der Waals surface area contributed by atoms with E-state index in [0.29, 0.717) is 11.3 Å². The first-order chi connectivity index (χ1) is 17.0. The predicted molar refractivity (Wildman–Crippen MR) is 137 cm³/mol. The van der Waals surface area contributed by atoms with Crippen LogP contribution in [-0.4, -0.2) is 49.8 Å². The predicted octanol–water partition coefficient (Wildman–Crippen LogP) is 3.18. The molecule has 11 heteroatoms. The molecule has 0 aliphatic rings. The number of rotatable bonds is 10. The highest BCUT2D eigenvalue weighted by molar-refractivity contribution is 7.93. The van der Waals surface area contributed by atoms with Crippen LogP contribution < -0.4 is 19.1 Å². The molecule has 0 aliphatic carbocycles. The van der Waals surface area contributed by atoms with Crippen LogP contribution in [0, 0.1) is 0 Å². The molecule has 9 nitrogen and oxygen atoms in total. The van der Waals surface area contributed by atoms with E-state index < -0.39 is 38.4 Å². The van der Waals surface area contributed by atoms with Crippen molar-refractivity contribution in [1.82, 2.24) is 5.32 Å². The molecule has 3 aromatic carbocycles. The molecular formula is C25H28N2O7S2. The second kappa shape index (κ2) is 11.0. The maximum atomic E-state index is 13.6. The van der Waals surface area contributed by atoms with Crippen LogP contribution in [0.2, 0.25) is 0 Å². The van der Waals surface area contributed by atoms with E-state index in [2.05, 4.69) is 5.32 Å². The lowest BCUT2D eigenvalue weighted by Gasteiger charge is -2.26. The Hall–Kier alpha value is -3.57. The van der Waals surface area contributed by atoms with E-state index in [9.17, 15) is 21.6 Å². The summed E-state index contributed by atoms with van der Waals surface area (Å²) in [6.07, 6.45) is 1.11. The molecule has 0 unspecified atom stereocenters. The molecule has 1 N–H and O–H groups in total. The smallest absolute Gasteiger partial charge is 0.264 e. The first kappa shape index (κ1) is 27.0. The van der Waals surface area contributed by atoms with E-state index in [1.54, 1.807) is 49.4 Å². The number of carbonyl (C=O) groups excluding carboxylic acids is 1. The van der Waals surface area contributed by atoms with Gasteiger partial charge in [0.2, 0.25) is 5.91 Å². The second-order valence-electron chi connectivity index (χ2n) is 7.99. The molecule has 0 spiro atoms. The maximum absolute atomic E-state index is 13.6. The van der Waals surface area contributed by atoms with Gasteiger partial charge in [-0.2, -0.15) is 0 Å². The van der Waals surface area contributed by atoms with Crippen molar-refractivity contribution in [3.63, 3.8) is 0 Å². The van der Waals surface area contributed by atoms with Crippen LogP contribution in [-0.2, 0) is 24.7 Å². The molecule has 192 valence electrons. The summed E-state index contributed by atoms with van der Waals surface area (Å²) in [4.78, 5) is 13.3. The van der Waals surface area contributed by atoms with Crippen molar-refractivity contribution >= 4 is 31.5 Å². The fourth-order valence-corrected chi connectivity index (χ4v) is 5.59. The molecule has 0 radical (unpaired) electrons. The normalized spacial score (nSPS) is 12.4. The molecule has 0 heterocycles. The van der Waals surface area contributed by atoms with Gasteiger partial charge in [-0.25, -0.2) is 16.8 Å². The fraction of sp³-hybridized carbons (Fsp3) is 0.240. The SMILES string of the molecule is COc1ccc(OC)c(N(CC(=O)N[C@H](C)c2ccc(S(C)(=O)=O)cc2)S(=O)(=O)c2ccccc2)c1. The number of anilines is 1. The number of sulfonamides is 1. The summed E-state index contributed by atoms with van der Waals surface area (Å²) in [5.74, 6) is 0.0605. The number of amides is 1. The topological polar surface area (TPSA) is 119 Å². The third-order valence-corrected chi connectivity index (χ3v) is 8.36. The zero-order valence-electron chi connectivity index (χ0n) is 20.3. The van der Waals surface area contributed by atoms with E-state index in [0.717, 1.165) is 10.6 Å². The zero-order valence-corrected chi connectivity index (χ0v) is 22.0. The van der Waals surface area contributed by atoms with Crippen LogP contribution in [0.4, 0.5) is 5.69 Å². The van der Waals surface area contributed by atoms with Crippen molar-refractivity contribution in [1.29, 1.82) is 0 Å². The molecule has 3 rings (SSSR count). The van der Waals surface area contributed by atoms with E-state index >= 15 is 0 Å². The molecule has 0 saturated carbocycles. The minimum absolute atomic E-state index is 0.00656. The van der Waals surface area contributed by atoms with Crippen molar-refractivity contribution in [3.8, 4) is 11.5 Å². The Labute approximate surface area is 211 Å². The largest absolute Gasteiger partial charge is 0.497 e. The molecule has 0 saturated heterocycles. The van der Waals surface area contributed by atoms with Crippen molar-refractivity contribution in [3.05, 3.63) is 78.4 Å². The van der Waals surface area contributed by atoms with Crippen molar-refractivity contribution in [2.75, 3.05) is 31.3 Å². The first-order valence-electron chi connectivity index (χ1n) is 10.9. The summed E-state index contributed by atoms with van der Waals surface area (Å²) in [5, 5.41) is 2.78. The van der Waals surface area contributed by atoms with Gasteiger partial charge in [-0.1, -0.05) is 30.3 Å². The molecule has 36 heavy (non-hydrogen) atoms. The molecule has 0 fully saturated rings. The molecule has 1 atom stereocenters. The lowest BCUT2D eigenvalue weighted by molar-refractivity contribution is -0.120. The van der Waals surface area contributed by atoms with Crippen LogP contribution in [0.25, 0.3) is 0 Å². The van der Waals surface area contributed by atoms with Gasteiger partial charge in [-0.3, -0.25) is 9.10 Å². The maximum Gasteiger partial charge on any atom is 0.264 e. The number of hydrogen-bond donors (Lipinski definition) is 1. The number of methoxy groups -OCH3 is 2. The zero-order chi connectivity index (χ0) is 26.5. The van der Waals surface area contributed by atoms with E-state index in [-0.39, 0.29) is 21.2 Å². The summed E-state index contributed by atoms with van der Waals surface area (Å²) in [6.45, 7) is 1.18. The Morgan fingerprint density at radius 3 is 2.08 bits per heavy atom. The molecule has 3 aromatic rings. The van der Waals surface area contributed by atoms with Gasteiger partial charge in [0.25, 0.3) is 10.0 Å². The van der Waals surface area contributed by atoms with Crippen molar-refractivity contribution in [2.45, 2.75) is 22.8 Å². The van der Waals surface area contributed by atoms with Gasteiger partial charge in [-0.15, -0.1) is 0 Å². The Kier molecular flexibility index (Phi) is 8.26. The standard InChI is InChI=1S/C25H28N2O7S2/c1-18(19-10-13-21(14-11-19)35(4,29)30)26-25(28)17-27(36(31,32)22-8-6-5-7-9-22)23-16-20(33-2)12-15-24(23)34-3/h5-16,18H,17H2,1-4H3,(H,26,28)/t18-/m1/s1.